The lowest BCUT2D eigenvalue weighted by molar-refractivity contribution is 0.635. The average Bonchev–Trinajstić information content (AvgIpc) is 2.31. The van der Waals surface area contributed by atoms with Crippen molar-refractivity contribution in [1.29, 1.82) is 5.26 Å². The Balaban J connectivity index is 2.57. The molecule has 5 nitrogen and oxygen atoms in total. The number of hydrogen-bond acceptors (Lipinski definition) is 3. The lowest BCUT2D eigenvalue weighted by Gasteiger charge is -2.10. The number of benzene rings is 1. The van der Waals surface area contributed by atoms with Crippen molar-refractivity contribution in [1.82, 2.24) is 5.32 Å². The molecular weight excluding hydrogens is 226 g/mol. The second kappa shape index (κ2) is 6.70. The van der Waals surface area contributed by atoms with Crippen LogP contribution in [-0.4, -0.2) is 13.1 Å². The fourth-order valence-electron chi connectivity index (χ4n) is 1.20. The molecule has 1 N–H and O–H groups in total. The molecule has 0 radical (unpaired) electrons. The Morgan fingerprint density at radius 2 is 2.19 bits per heavy atom. The molecule has 1 aromatic carbocycles. The van der Waals surface area contributed by atoms with E-state index >= 15 is 0 Å². The maximum atomic E-state index is 8.96. The van der Waals surface area contributed by atoms with Crippen molar-refractivity contribution in [3.8, 4) is 6.07 Å². The van der Waals surface area contributed by atoms with Gasteiger partial charge >= 0.3 is 0 Å². The monoisotopic (exact) mass is 235 g/mol. The Morgan fingerprint density at radius 1 is 1.50 bits per heavy atom. The fourth-order valence-corrected chi connectivity index (χ4v) is 1.32. The van der Waals surface area contributed by atoms with Gasteiger partial charge in [0.25, 0.3) is 0 Å². The molecule has 0 saturated carbocycles. The molecule has 0 heterocycles. The molecule has 0 aliphatic heterocycles. The summed E-state index contributed by atoms with van der Waals surface area (Å²) in [4.78, 5) is 2.63. The van der Waals surface area contributed by atoms with Crippen LogP contribution in [0, 0.1) is 11.3 Å². The molecule has 0 saturated heterocycles. The summed E-state index contributed by atoms with van der Waals surface area (Å²) in [5.74, 6) is 0. The van der Waals surface area contributed by atoms with Crippen molar-refractivity contribution in [3.05, 3.63) is 45.3 Å². The van der Waals surface area contributed by atoms with Crippen LogP contribution in [0.4, 0.5) is 0 Å². The molecule has 0 bridgehead atoms. The summed E-state index contributed by atoms with van der Waals surface area (Å²) in [6, 6.07) is 8.76. The van der Waals surface area contributed by atoms with Crippen LogP contribution in [0.15, 0.2) is 29.4 Å². The van der Waals surface area contributed by atoms with Crippen molar-refractivity contribution in [2.75, 3.05) is 13.1 Å². The summed E-state index contributed by atoms with van der Waals surface area (Å²) in [6.07, 6.45) is 0. The van der Waals surface area contributed by atoms with Gasteiger partial charge in [-0.2, -0.15) is 5.26 Å². The van der Waals surface area contributed by atoms with Crippen LogP contribution in [0.1, 0.15) is 11.6 Å². The topological polar surface area (TPSA) is 84.6 Å². The Bertz CT molecular complexity index is 416. The highest BCUT2D eigenvalue weighted by molar-refractivity contribution is 6.30. The van der Waals surface area contributed by atoms with Gasteiger partial charge < -0.3 is 0 Å². The van der Waals surface area contributed by atoms with Gasteiger partial charge in [-0.05, 0) is 23.2 Å². The summed E-state index contributed by atoms with van der Waals surface area (Å²) in [5.41, 5.74) is 8.93. The van der Waals surface area contributed by atoms with Gasteiger partial charge in [-0.15, -0.1) is 0 Å². The van der Waals surface area contributed by atoms with Gasteiger partial charge in [0.2, 0.25) is 0 Å². The lowest BCUT2D eigenvalue weighted by Crippen LogP contribution is -2.22. The summed E-state index contributed by atoms with van der Waals surface area (Å²) in [6.45, 7) is 0.785. The van der Waals surface area contributed by atoms with E-state index in [9.17, 15) is 0 Å². The predicted molar refractivity (Wildman–Crippen MR) is 61.8 cm³/mol. The number of nitrogens with zero attached hydrogens (tertiary/aromatic N) is 4. The maximum Gasteiger partial charge on any atom is 0.121 e. The summed E-state index contributed by atoms with van der Waals surface area (Å²) < 4.78 is 0. The van der Waals surface area contributed by atoms with E-state index in [0.717, 1.165) is 5.56 Å². The zero-order valence-corrected chi connectivity index (χ0v) is 9.22. The highest BCUT2D eigenvalue weighted by Crippen LogP contribution is 2.15. The van der Waals surface area contributed by atoms with Crippen LogP contribution in [0.3, 0.4) is 0 Å². The van der Waals surface area contributed by atoms with E-state index in [-0.39, 0.29) is 0 Å². The summed E-state index contributed by atoms with van der Waals surface area (Å²) in [5, 5.41) is 15.9. The Hall–Kier alpha value is -1.73. The first-order valence-corrected chi connectivity index (χ1v) is 5.05. The van der Waals surface area contributed by atoms with Crippen LogP contribution < -0.4 is 5.32 Å². The SMILES string of the molecule is N#CC(NCCN=[N+]=[N-])c1ccc(Cl)cc1. The standard InChI is InChI=1S/C10H10ClN5/c11-9-3-1-8(2-4-9)10(7-12)14-5-6-15-16-13/h1-4,10,14H,5-6H2. The third-order valence-electron chi connectivity index (χ3n) is 1.96. The predicted octanol–water partition coefficient (Wildman–Crippen LogP) is 2.80. The maximum absolute atomic E-state index is 8.96. The molecule has 0 aliphatic rings. The molecule has 1 unspecified atom stereocenters. The Kier molecular flexibility index (Phi) is 5.17. The first-order chi connectivity index (χ1) is 7.77. The van der Waals surface area contributed by atoms with Crippen LogP contribution in [0.25, 0.3) is 10.4 Å². The van der Waals surface area contributed by atoms with Crippen molar-refractivity contribution < 1.29 is 0 Å². The molecule has 1 rings (SSSR count). The third-order valence-corrected chi connectivity index (χ3v) is 2.21. The second-order valence-corrected chi connectivity index (χ2v) is 3.46. The van der Waals surface area contributed by atoms with Crippen molar-refractivity contribution >= 4 is 11.6 Å². The molecule has 0 aliphatic carbocycles. The van der Waals surface area contributed by atoms with Crippen molar-refractivity contribution in [3.63, 3.8) is 0 Å². The van der Waals surface area contributed by atoms with E-state index in [1.165, 1.54) is 0 Å². The molecule has 0 aromatic heterocycles. The summed E-state index contributed by atoms with van der Waals surface area (Å²) in [7, 11) is 0. The second-order valence-electron chi connectivity index (χ2n) is 3.02. The minimum atomic E-state index is -0.411. The van der Waals surface area contributed by atoms with E-state index in [4.69, 9.17) is 22.4 Å². The third kappa shape index (κ3) is 3.79. The average molecular weight is 236 g/mol. The number of azide groups is 1. The van der Waals surface area contributed by atoms with Gasteiger partial charge in [-0.25, -0.2) is 0 Å². The fraction of sp³-hybridized carbons (Fsp3) is 0.300. The molecule has 1 atom stereocenters. The Morgan fingerprint density at radius 3 is 2.75 bits per heavy atom. The lowest BCUT2D eigenvalue weighted by atomic mass is 10.1. The van der Waals surface area contributed by atoms with Gasteiger partial charge in [-0.1, -0.05) is 28.8 Å². The molecule has 82 valence electrons. The molecule has 0 amide bonds. The molecular formula is C10H10ClN5. The minimum Gasteiger partial charge on any atom is -0.298 e. The van der Waals surface area contributed by atoms with Crippen LogP contribution in [0.5, 0.6) is 0 Å². The van der Waals surface area contributed by atoms with Crippen molar-refractivity contribution in [2.24, 2.45) is 5.11 Å². The van der Waals surface area contributed by atoms with E-state index < -0.39 is 6.04 Å². The Labute approximate surface area is 98.3 Å². The first-order valence-electron chi connectivity index (χ1n) is 4.67. The number of halogens is 1. The van der Waals surface area contributed by atoms with Crippen LogP contribution in [0.2, 0.25) is 5.02 Å². The van der Waals surface area contributed by atoms with Gasteiger partial charge in [0.15, 0.2) is 0 Å². The smallest absolute Gasteiger partial charge is 0.121 e. The highest BCUT2D eigenvalue weighted by Gasteiger charge is 2.08. The quantitative estimate of drug-likeness (QED) is 0.368. The zero-order valence-electron chi connectivity index (χ0n) is 8.47. The number of nitrogens with one attached hydrogen (secondary N) is 1. The van der Waals surface area contributed by atoms with Crippen LogP contribution in [-0.2, 0) is 0 Å². The minimum absolute atomic E-state index is 0.322. The van der Waals surface area contributed by atoms with Gasteiger partial charge in [0.1, 0.15) is 6.04 Å². The summed E-state index contributed by atoms with van der Waals surface area (Å²) >= 11 is 5.75. The first kappa shape index (κ1) is 12.3. The largest absolute Gasteiger partial charge is 0.298 e. The molecule has 6 heteroatoms. The number of hydrogen-bond donors (Lipinski definition) is 1. The highest BCUT2D eigenvalue weighted by atomic mass is 35.5. The molecule has 16 heavy (non-hydrogen) atoms. The van der Waals surface area contributed by atoms with Gasteiger partial charge in [0, 0.05) is 23.0 Å². The normalized spacial score (nSPS) is 11.2. The van der Waals surface area contributed by atoms with E-state index in [1.807, 2.05) is 0 Å². The van der Waals surface area contributed by atoms with E-state index in [1.54, 1.807) is 24.3 Å². The van der Waals surface area contributed by atoms with Crippen LogP contribution >= 0.6 is 11.6 Å². The van der Waals surface area contributed by atoms with E-state index in [2.05, 4.69) is 21.4 Å². The van der Waals surface area contributed by atoms with E-state index in [0.29, 0.717) is 18.1 Å². The van der Waals surface area contributed by atoms with Gasteiger partial charge in [0.05, 0.1) is 6.07 Å². The number of rotatable bonds is 5. The molecule has 0 fully saturated rings. The number of nitriles is 1. The zero-order chi connectivity index (χ0) is 11.8. The molecule has 1 aromatic rings. The van der Waals surface area contributed by atoms with Crippen molar-refractivity contribution in [2.45, 2.75) is 6.04 Å². The molecule has 0 spiro atoms. The van der Waals surface area contributed by atoms with Gasteiger partial charge in [-0.3, -0.25) is 5.32 Å².